The zero-order valence-corrected chi connectivity index (χ0v) is 19.5. The summed E-state index contributed by atoms with van der Waals surface area (Å²) in [6, 6.07) is 12.5. The lowest BCUT2D eigenvalue weighted by Gasteiger charge is -2.26. The minimum atomic E-state index is -0.663. The van der Waals surface area contributed by atoms with E-state index in [9.17, 15) is 14.7 Å². The molecule has 1 aliphatic heterocycles. The topological polar surface area (TPSA) is 70.1 Å². The molecule has 0 spiro atoms. The van der Waals surface area contributed by atoms with E-state index in [-0.39, 0.29) is 11.3 Å². The molecule has 1 amide bonds. The van der Waals surface area contributed by atoms with Crippen LogP contribution < -0.4 is 9.64 Å². The Morgan fingerprint density at radius 3 is 2.38 bits per heavy atom. The number of anilines is 1. The van der Waals surface area contributed by atoms with Crippen LogP contribution in [0.2, 0.25) is 0 Å². The van der Waals surface area contributed by atoms with E-state index in [4.69, 9.17) is 4.74 Å². The molecule has 0 aromatic heterocycles. The molecule has 6 nitrogen and oxygen atoms in total. The molecule has 3 rings (SSSR count). The predicted molar refractivity (Wildman–Crippen MR) is 127 cm³/mol. The molecule has 0 saturated carbocycles. The van der Waals surface area contributed by atoms with Gasteiger partial charge in [0.05, 0.1) is 24.3 Å². The third-order valence-corrected chi connectivity index (χ3v) is 5.88. The summed E-state index contributed by atoms with van der Waals surface area (Å²) in [6.45, 7) is 4.45. The summed E-state index contributed by atoms with van der Waals surface area (Å²) in [6.07, 6.45) is 2.76. The van der Waals surface area contributed by atoms with Gasteiger partial charge in [-0.05, 0) is 43.2 Å². The number of hydrogen-bond donors (Lipinski definition) is 1. The summed E-state index contributed by atoms with van der Waals surface area (Å²) in [5.74, 6) is -0.990. The molecule has 1 N–H and O–H groups in total. The van der Waals surface area contributed by atoms with Crippen molar-refractivity contribution in [3.63, 3.8) is 0 Å². The molecule has 1 unspecified atom stereocenters. The average molecular weight is 437 g/mol. The third-order valence-electron chi connectivity index (χ3n) is 5.88. The van der Waals surface area contributed by atoms with Crippen LogP contribution in [0.4, 0.5) is 5.69 Å². The number of methoxy groups -OCH3 is 1. The highest BCUT2D eigenvalue weighted by Crippen LogP contribution is 2.41. The van der Waals surface area contributed by atoms with Crippen LogP contribution in [0.3, 0.4) is 0 Å². The molecule has 6 heteroatoms. The van der Waals surface area contributed by atoms with Crippen molar-refractivity contribution in [1.82, 2.24) is 4.90 Å². The number of rotatable bonds is 8. The monoisotopic (exact) mass is 436 g/mol. The lowest BCUT2D eigenvalue weighted by molar-refractivity contribution is -0.139. The third kappa shape index (κ3) is 4.49. The Morgan fingerprint density at radius 2 is 1.78 bits per heavy atom. The van der Waals surface area contributed by atoms with Gasteiger partial charge in [-0.25, -0.2) is 0 Å². The van der Waals surface area contributed by atoms with Crippen LogP contribution in [-0.4, -0.2) is 49.4 Å². The standard InChI is InChI=1S/C26H32N2O4/c1-6-7-8-15-28-23(18-10-12-19(13-11-18)27(3)4)22(25(30)26(28)31)24(29)20-16-17(2)9-14-21(20)32-5/h9-14,16,23,29H,6-8,15H2,1-5H3/b24-22+. The van der Waals surface area contributed by atoms with Crippen molar-refractivity contribution in [2.24, 2.45) is 0 Å². The Hall–Kier alpha value is -3.28. The number of ether oxygens (including phenoxy) is 1. The number of unbranched alkanes of at least 4 members (excludes halogenated alkanes) is 2. The van der Waals surface area contributed by atoms with Gasteiger partial charge in [0.1, 0.15) is 11.5 Å². The predicted octanol–water partition coefficient (Wildman–Crippen LogP) is 4.68. The van der Waals surface area contributed by atoms with Crippen LogP contribution in [0.25, 0.3) is 5.76 Å². The van der Waals surface area contributed by atoms with Gasteiger partial charge in [-0.3, -0.25) is 9.59 Å². The number of hydrogen-bond acceptors (Lipinski definition) is 5. The summed E-state index contributed by atoms with van der Waals surface area (Å²) in [5, 5.41) is 11.3. The summed E-state index contributed by atoms with van der Waals surface area (Å²) < 4.78 is 5.42. The minimum Gasteiger partial charge on any atom is -0.507 e. The van der Waals surface area contributed by atoms with Crippen LogP contribution in [0.15, 0.2) is 48.0 Å². The van der Waals surface area contributed by atoms with Gasteiger partial charge in [-0.2, -0.15) is 0 Å². The molecular formula is C26H32N2O4. The molecule has 1 aliphatic rings. The highest BCUT2D eigenvalue weighted by Gasteiger charge is 2.46. The van der Waals surface area contributed by atoms with Crippen molar-refractivity contribution in [2.45, 2.75) is 39.2 Å². The van der Waals surface area contributed by atoms with Gasteiger partial charge in [-0.15, -0.1) is 0 Å². The highest BCUT2D eigenvalue weighted by atomic mass is 16.5. The van der Waals surface area contributed by atoms with Gasteiger partial charge in [0.2, 0.25) is 0 Å². The lowest BCUT2D eigenvalue weighted by atomic mass is 9.94. The van der Waals surface area contributed by atoms with E-state index in [0.29, 0.717) is 17.9 Å². The number of aliphatic hydroxyl groups is 1. The molecule has 170 valence electrons. The van der Waals surface area contributed by atoms with Gasteiger partial charge < -0.3 is 19.6 Å². The fraction of sp³-hybridized carbons (Fsp3) is 0.385. The van der Waals surface area contributed by atoms with Gasteiger partial charge in [-0.1, -0.05) is 43.5 Å². The maximum Gasteiger partial charge on any atom is 0.295 e. The molecule has 1 heterocycles. The number of aryl methyl sites for hydroxylation is 1. The Morgan fingerprint density at radius 1 is 1.09 bits per heavy atom. The quantitative estimate of drug-likeness (QED) is 0.282. The van der Waals surface area contributed by atoms with Crippen LogP contribution >= 0.6 is 0 Å². The Balaban J connectivity index is 2.17. The molecule has 32 heavy (non-hydrogen) atoms. The largest absolute Gasteiger partial charge is 0.507 e. The number of likely N-dealkylation sites (tertiary alicyclic amines) is 1. The zero-order valence-electron chi connectivity index (χ0n) is 19.5. The second kappa shape index (κ2) is 9.90. The molecule has 1 fully saturated rings. The second-order valence-corrected chi connectivity index (χ2v) is 8.39. The van der Waals surface area contributed by atoms with Crippen LogP contribution in [-0.2, 0) is 9.59 Å². The summed E-state index contributed by atoms with van der Waals surface area (Å²) in [5.41, 5.74) is 3.23. The number of nitrogens with zero attached hydrogens (tertiary/aromatic N) is 2. The van der Waals surface area contributed by atoms with Crippen molar-refractivity contribution >= 4 is 23.1 Å². The van der Waals surface area contributed by atoms with Gasteiger partial charge in [0.15, 0.2) is 0 Å². The maximum atomic E-state index is 13.1. The Kier molecular flexibility index (Phi) is 7.23. The summed E-state index contributed by atoms with van der Waals surface area (Å²) >= 11 is 0. The molecule has 0 aliphatic carbocycles. The fourth-order valence-electron chi connectivity index (χ4n) is 4.10. The van der Waals surface area contributed by atoms with Crippen molar-refractivity contribution in [3.05, 3.63) is 64.7 Å². The fourth-order valence-corrected chi connectivity index (χ4v) is 4.10. The number of ketones is 1. The first-order chi connectivity index (χ1) is 15.3. The van der Waals surface area contributed by atoms with E-state index in [1.807, 2.05) is 56.3 Å². The number of benzene rings is 2. The van der Waals surface area contributed by atoms with E-state index in [1.54, 1.807) is 17.0 Å². The molecule has 0 radical (unpaired) electrons. The van der Waals surface area contributed by atoms with Gasteiger partial charge in [0, 0.05) is 26.3 Å². The van der Waals surface area contributed by atoms with Crippen molar-refractivity contribution in [1.29, 1.82) is 0 Å². The van der Waals surface area contributed by atoms with E-state index < -0.39 is 17.7 Å². The van der Waals surface area contributed by atoms with E-state index in [1.165, 1.54) is 7.11 Å². The maximum absolute atomic E-state index is 13.1. The van der Waals surface area contributed by atoms with Crippen molar-refractivity contribution < 1.29 is 19.4 Å². The molecular weight excluding hydrogens is 404 g/mol. The molecule has 2 aromatic rings. The number of Topliss-reactive ketones (excluding diaryl/α,β-unsaturated/α-hetero) is 1. The lowest BCUT2D eigenvalue weighted by Crippen LogP contribution is -2.30. The number of amides is 1. The first kappa shape index (κ1) is 23.4. The van der Waals surface area contributed by atoms with Crippen molar-refractivity contribution in [3.8, 4) is 5.75 Å². The summed E-state index contributed by atoms with van der Waals surface area (Å²) in [4.78, 5) is 29.7. The van der Waals surface area contributed by atoms with Crippen LogP contribution in [0.1, 0.15) is 48.9 Å². The van der Waals surface area contributed by atoms with Crippen LogP contribution in [0, 0.1) is 6.92 Å². The van der Waals surface area contributed by atoms with Gasteiger partial charge in [0.25, 0.3) is 11.7 Å². The second-order valence-electron chi connectivity index (χ2n) is 8.39. The number of carbonyl (C=O) groups excluding carboxylic acids is 2. The first-order valence-electron chi connectivity index (χ1n) is 11.0. The van der Waals surface area contributed by atoms with E-state index >= 15 is 0 Å². The number of carbonyl (C=O) groups is 2. The zero-order chi connectivity index (χ0) is 23.4. The molecule has 2 aromatic carbocycles. The Labute approximate surface area is 190 Å². The Bertz CT molecular complexity index is 1020. The molecule has 1 atom stereocenters. The number of aliphatic hydroxyl groups excluding tert-OH is 1. The minimum absolute atomic E-state index is 0.105. The highest BCUT2D eigenvalue weighted by molar-refractivity contribution is 6.46. The van der Waals surface area contributed by atoms with Crippen LogP contribution in [0.5, 0.6) is 5.75 Å². The average Bonchev–Trinajstić information content (AvgIpc) is 3.03. The smallest absolute Gasteiger partial charge is 0.295 e. The normalized spacial score (nSPS) is 17.7. The summed E-state index contributed by atoms with van der Waals surface area (Å²) in [7, 11) is 5.42. The van der Waals surface area contributed by atoms with E-state index in [2.05, 4.69) is 6.92 Å². The SMILES string of the molecule is CCCCCN1C(=O)C(=O)/C(=C(/O)c2cc(C)ccc2OC)C1c1ccc(N(C)C)cc1. The molecule has 1 saturated heterocycles. The molecule has 0 bridgehead atoms. The first-order valence-corrected chi connectivity index (χ1v) is 11.0. The van der Waals surface area contributed by atoms with E-state index in [0.717, 1.165) is 36.1 Å². The van der Waals surface area contributed by atoms with Crippen molar-refractivity contribution in [2.75, 3.05) is 32.6 Å². The van der Waals surface area contributed by atoms with Gasteiger partial charge >= 0.3 is 0 Å².